The van der Waals surface area contributed by atoms with Crippen LogP contribution in [0.5, 0.6) is 0 Å². The van der Waals surface area contributed by atoms with Crippen molar-refractivity contribution >= 4 is 89.0 Å². The van der Waals surface area contributed by atoms with Gasteiger partial charge < -0.3 is 85.9 Å². The van der Waals surface area contributed by atoms with Gasteiger partial charge >= 0.3 is 24.0 Å². The van der Waals surface area contributed by atoms with E-state index in [2.05, 4.69) is 47.2 Å². The van der Waals surface area contributed by atoms with Crippen molar-refractivity contribution in [2.24, 2.45) is 38.7 Å². The van der Waals surface area contributed by atoms with Crippen molar-refractivity contribution in [3.05, 3.63) is 59.7 Å². The number of benzene rings is 2. The van der Waals surface area contributed by atoms with Crippen molar-refractivity contribution in [2.45, 2.75) is 126 Å². The number of thioether (sulfide) groups is 1. The zero-order valence-electron chi connectivity index (χ0n) is 44.3. The van der Waals surface area contributed by atoms with Crippen molar-refractivity contribution in [3.8, 4) is 11.1 Å². The highest BCUT2D eigenvalue weighted by molar-refractivity contribution is 7.98. The topological polar surface area (TPSA) is 497 Å². The number of carbonyl (C=O) groups excluding carboxylic acids is 8. The SMILES string of the molecule is CSCC[C@H](NC(=O)[C@H](CCC(=O)O)NC(=O)[C@H](CCC(=O)O)NC(=O)OCC1c2ccccc2-c2ccccc21)C(=O)N[C@@H](CCC(N)=O)C(=O)N[C@@H](CCCN=C(N)N)C(=O)N[C@@H](CCCN=C(N)N)C(=O)N[C@@H](C)C(=O)O. The third-order valence-electron chi connectivity index (χ3n) is 12.3. The molecule has 0 unspecified atom stereocenters. The van der Waals surface area contributed by atoms with Gasteiger partial charge in [0.25, 0.3) is 0 Å². The van der Waals surface area contributed by atoms with Crippen LogP contribution in [0.2, 0.25) is 0 Å². The smallest absolute Gasteiger partial charge is 0.407 e. The van der Waals surface area contributed by atoms with Gasteiger partial charge in [-0.3, -0.25) is 57.9 Å². The van der Waals surface area contributed by atoms with Crippen LogP contribution in [0.4, 0.5) is 4.79 Å². The molecule has 8 amide bonds. The van der Waals surface area contributed by atoms with E-state index in [0.717, 1.165) is 22.3 Å². The first kappa shape index (κ1) is 65.6. The number of alkyl carbamates (subject to hydrolysis) is 1. The fraction of sp³-hybridized carbons (Fsp3) is 0.500. The molecule has 0 saturated heterocycles. The lowest BCUT2D eigenvalue weighted by Crippen LogP contribution is -2.60. The number of nitrogens with zero attached hydrogens (tertiary/aromatic N) is 2. The van der Waals surface area contributed by atoms with Gasteiger partial charge in [0.15, 0.2) is 11.9 Å². The Balaban J connectivity index is 1.87. The number of nitrogens with one attached hydrogen (secondary N) is 7. The number of aliphatic imine (C=N–C) groups is 2. The van der Waals surface area contributed by atoms with Crippen molar-refractivity contribution < 1.29 is 72.8 Å². The average Bonchev–Trinajstić information content (AvgIpc) is 3.95. The number of fused-ring (bicyclic) bond motifs is 3. The highest BCUT2D eigenvalue weighted by Gasteiger charge is 2.35. The van der Waals surface area contributed by atoms with Gasteiger partial charge in [0.05, 0.1) is 0 Å². The summed E-state index contributed by atoms with van der Waals surface area (Å²) in [4.78, 5) is 152. The molecule has 7 atom stereocenters. The van der Waals surface area contributed by atoms with Crippen LogP contribution in [-0.2, 0) is 52.7 Å². The van der Waals surface area contributed by atoms with E-state index in [1.54, 1.807) is 6.26 Å². The molecule has 2 aromatic carbocycles. The summed E-state index contributed by atoms with van der Waals surface area (Å²) in [5, 5.41) is 45.5. The van der Waals surface area contributed by atoms with Gasteiger partial charge in [0.2, 0.25) is 41.4 Å². The van der Waals surface area contributed by atoms with E-state index in [9.17, 15) is 68.1 Å². The Morgan fingerprint density at radius 2 is 0.887 bits per heavy atom. The summed E-state index contributed by atoms with van der Waals surface area (Å²) in [7, 11) is 0. The Morgan fingerprint density at radius 1 is 0.525 bits per heavy atom. The number of hydrogen-bond acceptors (Lipinski definition) is 15. The van der Waals surface area contributed by atoms with Crippen LogP contribution in [0.3, 0.4) is 0 Å². The molecular formula is C50H72N14O15S. The molecule has 0 spiro atoms. The molecule has 1 aliphatic carbocycles. The molecule has 0 heterocycles. The standard InChI is InChI=1S/C50H72N14O15S/c1-26(47(76)77)58-41(70)32(13-7-22-56-48(52)53)59-42(71)33(14-8-23-57-49(54)55)60-43(72)34(15-18-38(51)65)61-46(75)37(21-24-80-2)63-44(73)35(16-19-39(66)67)62-45(74)36(17-20-40(68)69)64-50(78)79-25-31-29-11-5-3-9-27(29)28-10-4-6-12-30(28)31/h3-6,9-12,26,31-37H,7-8,13-25H2,1-2H3,(H2,51,65)(H,58,70)(H,59,71)(H,60,72)(H,61,75)(H,62,74)(H,63,73)(H,64,78)(H,66,67)(H,68,69)(H,76,77)(H4,52,53,56)(H4,54,55,57)/t26-,32-,33-,34-,35-,36-,37-/m0/s1. The first-order chi connectivity index (χ1) is 37.9. The van der Waals surface area contributed by atoms with E-state index >= 15 is 0 Å². The predicted molar refractivity (Wildman–Crippen MR) is 292 cm³/mol. The summed E-state index contributed by atoms with van der Waals surface area (Å²) in [5.41, 5.74) is 30.8. The summed E-state index contributed by atoms with van der Waals surface area (Å²) >= 11 is 1.25. The number of nitrogens with two attached hydrogens (primary N) is 5. The number of rotatable bonds is 36. The molecule has 0 radical (unpaired) electrons. The third-order valence-corrected chi connectivity index (χ3v) is 13.0. The Morgan fingerprint density at radius 3 is 1.26 bits per heavy atom. The van der Waals surface area contributed by atoms with E-state index in [1.165, 1.54) is 18.7 Å². The second kappa shape index (κ2) is 33.6. The van der Waals surface area contributed by atoms with Gasteiger partial charge in [-0.15, -0.1) is 0 Å². The largest absolute Gasteiger partial charge is 0.481 e. The van der Waals surface area contributed by atoms with Gasteiger partial charge in [-0.25, -0.2) is 4.79 Å². The number of carbonyl (C=O) groups is 11. The molecule has 20 N–H and O–H groups in total. The second-order valence-corrected chi connectivity index (χ2v) is 19.4. The monoisotopic (exact) mass is 1140 g/mol. The van der Waals surface area contributed by atoms with Crippen LogP contribution in [-0.4, -0.2) is 167 Å². The van der Waals surface area contributed by atoms with E-state index in [4.69, 9.17) is 33.4 Å². The quantitative estimate of drug-likeness (QED) is 0.0195. The molecule has 0 bridgehead atoms. The number of carboxylic acid groups (broad SMARTS) is 3. The summed E-state index contributed by atoms with van der Waals surface area (Å²) in [6.45, 7) is 1.01. The van der Waals surface area contributed by atoms with Gasteiger partial charge in [-0.05, 0) is 92.6 Å². The van der Waals surface area contributed by atoms with Crippen LogP contribution >= 0.6 is 11.8 Å². The molecule has 2 aromatic rings. The van der Waals surface area contributed by atoms with Crippen molar-refractivity contribution in [1.29, 1.82) is 0 Å². The maximum absolute atomic E-state index is 14.2. The minimum atomic E-state index is -1.71. The van der Waals surface area contributed by atoms with Crippen LogP contribution in [0.15, 0.2) is 58.5 Å². The fourth-order valence-corrected chi connectivity index (χ4v) is 8.67. The lowest BCUT2D eigenvalue weighted by atomic mass is 9.98. The molecule has 29 nitrogen and oxygen atoms in total. The Labute approximate surface area is 464 Å². The molecule has 0 saturated carbocycles. The average molecular weight is 1140 g/mol. The van der Waals surface area contributed by atoms with E-state index in [0.29, 0.717) is 0 Å². The fourth-order valence-electron chi connectivity index (χ4n) is 8.20. The number of amides is 8. The lowest BCUT2D eigenvalue weighted by Gasteiger charge is -2.27. The molecule has 3 rings (SSSR count). The molecule has 30 heteroatoms. The van der Waals surface area contributed by atoms with E-state index in [-0.39, 0.29) is 75.4 Å². The number of guanidine groups is 2. The van der Waals surface area contributed by atoms with Gasteiger partial charge in [-0.1, -0.05) is 48.5 Å². The lowest BCUT2D eigenvalue weighted by molar-refractivity contribution is -0.142. The zero-order chi connectivity index (χ0) is 59.5. The predicted octanol–water partition coefficient (Wildman–Crippen LogP) is -2.24. The Kier molecular flexibility index (Phi) is 27.5. The molecular weight excluding hydrogens is 1070 g/mol. The highest BCUT2D eigenvalue weighted by Crippen LogP contribution is 2.44. The van der Waals surface area contributed by atoms with Crippen LogP contribution < -0.4 is 65.9 Å². The van der Waals surface area contributed by atoms with E-state index < -0.39 is 146 Å². The van der Waals surface area contributed by atoms with Crippen molar-refractivity contribution in [2.75, 3.05) is 31.7 Å². The second-order valence-electron chi connectivity index (χ2n) is 18.4. The number of ether oxygens (including phenoxy) is 1. The van der Waals surface area contributed by atoms with Crippen LogP contribution in [0.1, 0.15) is 94.6 Å². The summed E-state index contributed by atoms with van der Waals surface area (Å²) in [6.07, 6.45) is -2.99. The van der Waals surface area contributed by atoms with Gasteiger partial charge in [0, 0.05) is 38.3 Å². The normalized spacial score (nSPS) is 14.0. The first-order valence-electron chi connectivity index (χ1n) is 25.4. The minimum Gasteiger partial charge on any atom is -0.481 e. The number of aliphatic carboxylic acids is 3. The molecule has 0 aromatic heterocycles. The van der Waals surface area contributed by atoms with Crippen molar-refractivity contribution in [3.63, 3.8) is 0 Å². The molecule has 0 aliphatic heterocycles. The number of hydrogen-bond donors (Lipinski definition) is 15. The molecule has 1 aliphatic rings. The minimum absolute atomic E-state index is 0.0185. The van der Waals surface area contributed by atoms with Gasteiger partial charge in [0.1, 0.15) is 48.9 Å². The summed E-state index contributed by atoms with van der Waals surface area (Å²) in [6, 6.07) is 4.29. The summed E-state index contributed by atoms with van der Waals surface area (Å²) < 4.78 is 5.57. The van der Waals surface area contributed by atoms with Crippen LogP contribution in [0, 0.1) is 0 Å². The number of carboxylic acids is 3. The molecule has 0 fully saturated rings. The zero-order valence-corrected chi connectivity index (χ0v) is 45.1. The summed E-state index contributed by atoms with van der Waals surface area (Å²) in [5.74, 6) is -11.8. The van der Waals surface area contributed by atoms with Crippen molar-refractivity contribution in [1.82, 2.24) is 37.2 Å². The maximum Gasteiger partial charge on any atom is 0.407 e. The van der Waals surface area contributed by atoms with E-state index in [1.807, 2.05) is 48.5 Å². The highest BCUT2D eigenvalue weighted by atomic mass is 32.2. The third kappa shape index (κ3) is 22.7. The molecule has 80 heavy (non-hydrogen) atoms. The first-order valence-corrected chi connectivity index (χ1v) is 26.8. The molecule has 438 valence electrons. The Hall–Kier alpha value is -8.70. The maximum atomic E-state index is 14.2. The van der Waals surface area contributed by atoms with Gasteiger partial charge in [-0.2, -0.15) is 11.8 Å². The Bertz CT molecular complexity index is 2550. The number of primary amides is 1. The van der Waals surface area contributed by atoms with Crippen LogP contribution in [0.25, 0.3) is 11.1 Å².